The zero-order chi connectivity index (χ0) is 12.8. The molecule has 1 N–H and O–H groups in total. The zero-order valence-electron chi connectivity index (χ0n) is 11.1. The summed E-state index contributed by atoms with van der Waals surface area (Å²) in [6, 6.07) is 8.81. The van der Waals surface area contributed by atoms with Crippen LogP contribution in [0.15, 0.2) is 45.6 Å². The van der Waals surface area contributed by atoms with Crippen LogP contribution in [0.5, 0.6) is 0 Å². The smallest absolute Gasteiger partial charge is 0.105 e. The summed E-state index contributed by atoms with van der Waals surface area (Å²) in [6.07, 6.45) is 6.44. The highest BCUT2D eigenvalue weighted by molar-refractivity contribution is 5.00. The SMILES string of the molecule is CC(CCc1ccco1)NC(C)Cc1ccco1. The molecule has 18 heavy (non-hydrogen) atoms. The van der Waals surface area contributed by atoms with Gasteiger partial charge in [-0.15, -0.1) is 0 Å². The first-order chi connectivity index (χ1) is 8.74. The van der Waals surface area contributed by atoms with E-state index in [1.54, 1.807) is 12.5 Å². The minimum absolute atomic E-state index is 0.419. The molecule has 2 unspecified atom stereocenters. The molecular weight excluding hydrogens is 226 g/mol. The van der Waals surface area contributed by atoms with Crippen LogP contribution in [0, 0.1) is 0 Å². The Morgan fingerprint density at radius 3 is 2.28 bits per heavy atom. The standard InChI is InChI=1S/C15H21NO2/c1-12(7-8-14-5-3-9-17-14)16-13(2)11-15-6-4-10-18-15/h3-6,9-10,12-13,16H,7-8,11H2,1-2H3. The topological polar surface area (TPSA) is 38.3 Å². The average Bonchev–Trinajstić information content (AvgIpc) is 2.98. The maximum atomic E-state index is 5.35. The number of hydrogen-bond acceptors (Lipinski definition) is 3. The lowest BCUT2D eigenvalue weighted by atomic mass is 10.1. The maximum Gasteiger partial charge on any atom is 0.105 e. The van der Waals surface area contributed by atoms with E-state index < -0.39 is 0 Å². The van der Waals surface area contributed by atoms with Gasteiger partial charge in [0, 0.05) is 24.9 Å². The van der Waals surface area contributed by atoms with Gasteiger partial charge in [-0.2, -0.15) is 0 Å². The number of furan rings is 2. The molecule has 2 atom stereocenters. The first-order valence-corrected chi connectivity index (χ1v) is 6.55. The first kappa shape index (κ1) is 13.0. The summed E-state index contributed by atoms with van der Waals surface area (Å²) < 4.78 is 10.7. The molecule has 2 heterocycles. The van der Waals surface area contributed by atoms with Crippen molar-refractivity contribution in [1.29, 1.82) is 0 Å². The summed E-state index contributed by atoms with van der Waals surface area (Å²) in [5.74, 6) is 2.09. The summed E-state index contributed by atoms with van der Waals surface area (Å²) in [6.45, 7) is 4.40. The lowest BCUT2D eigenvalue weighted by Crippen LogP contribution is -2.36. The highest BCUT2D eigenvalue weighted by atomic mass is 16.3. The second kappa shape index (κ2) is 6.45. The summed E-state index contributed by atoms with van der Waals surface area (Å²) in [7, 11) is 0. The van der Waals surface area contributed by atoms with Crippen LogP contribution >= 0.6 is 0 Å². The molecule has 3 heteroatoms. The van der Waals surface area contributed by atoms with Gasteiger partial charge in [-0.25, -0.2) is 0 Å². The fraction of sp³-hybridized carbons (Fsp3) is 0.467. The molecule has 0 amide bonds. The summed E-state index contributed by atoms with van der Waals surface area (Å²) in [5.41, 5.74) is 0. The lowest BCUT2D eigenvalue weighted by molar-refractivity contribution is 0.401. The van der Waals surface area contributed by atoms with Crippen molar-refractivity contribution in [2.24, 2.45) is 0 Å². The Morgan fingerprint density at radius 2 is 1.67 bits per heavy atom. The molecule has 0 saturated heterocycles. The number of hydrogen-bond donors (Lipinski definition) is 1. The highest BCUT2D eigenvalue weighted by Crippen LogP contribution is 2.08. The van der Waals surface area contributed by atoms with Gasteiger partial charge < -0.3 is 14.2 Å². The fourth-order valence-corrected chi connectivity index (χ4v) is 2.17. The van der Waals surface area contributed by atoms with Gasteiger partial charge in [0.2, 0.25) is 0 Å². The molecule has 0 spiro atoms. The van der Waals surface area contributed by atoms with Gasteiger partial charge in [-0.1, -0.05) is 0 Å². The van der Waals surface area contributed by atoms with Crippen molar-refractivity contribution in [1.82, 2.24) is 5.32 Å². The van der Waals surface area contributed by atoms with Crippen LogP contribution in [0.1, 0.15) is 31.8 Å². The summed E-state index contributed by atoms with van der Waals surface area (Å²) in [4.78, 5) is 0. The molecule has 98 valence electrons. The van der Waals surface area contributed by atoms with Crippen LogP contribution in [0.2, 0.25) is 0 Å². The van der Waals surface area contributed by atoms with Gasteiger partial charge in [-0.05, 0) is 44.5 Å². The van der Waals surface area contributed by atoms with Crippen molar-refractivity contribution in [2.45, 2.75) is 45.2 Å². The highest BCUT2D eigenvalue weighted by Gasteiger charge is 2.10. The minimum atomic E-state index is 0.419. The van der Waals surface area contributed by atoms with E-state index in [0.29, 0.717) is 12.1 Å². The Kier molecular flexibility index (Phi) is 4.65. The van der Waals surface area contributed by atoms with Gasteiger partial charge in [0.05, 0.1) is 12.5 Å². The second-order valence-corrected chi connectivity index (χ2v) is 4.87. The summed E-state index contributed by atoms with van der Waals surface area (Å²) >= 11 is 0. The van der Waals surface area contributed by atoms with E-state index in [4.69, 9.17) is 8.83 Å². The van der Waals surface area contributed by atoms with Gasteiger partial charge in [0.25, 0.3) is 0 Å². The van der Waals surface area contributed by atoms with Gasteiger partial charge in [0.1, 0.15) is 11.5 Å². The number of rotatable bonds is 7. The van der Waals surface area contributed by atoms with Crippen LogP contribution in [-0.2, 0) is 12.8 Å². The average molecular weight is 247 g/mol. The third kappa shape index (κ3) is 4.08. The first-order valence-electron chi connectivity index (χ1n) is 6.55. The molecule has 3 nitrogen and oxygen atoms in total. The van der Waals surface area contributed by atoms with Crippen LogP contribution in [0.3, 0.4) is 0 Å². The number of nitrogens with one attached hydrogen (secondary N) is 1. The number of aryl methyl sites for hydroxylation is 1. The van der Waals surface area contributed by atoms with E-state index >= 15 is 0 Å². The van der Waals surface area contributed by atoms with Crippen molar-refractivity contribution in [3.63, 3.8) is 0 Å². The zero-order valence-corrected chi connectivity index (χ0v) is 11.1. The minimum Gasteiger partial charge on any atom is -0.469 e. The summed E-state index contributed by atoms with van der Waals surface area (Å²) in [5, 5.41) is 3.58. The Hall–Kier alpha value is -1.48. The molecule has 0 aromatic carbocycles. The van der Waals surface area contributed by atoms with Crippen molar-refractivity contribution >= 4 is 0 Å². The van der Waals surface area contributed by atoms with Gasteiger partial charge in [0.15, 0.2) is 0 Å². The van der Waals surface area contributed by atoms with Crippen LogP contribution in [0.25, 0.3) is 0 Å². The fourth-order valence-electron chi connectivity index (χ4n) is 2.17. The monoisotopic (exact) mass is 247 g/mol. The Balaban J connectivity index is 1.68. The molecule has 0 saturated carbocycles. The van der Waals surface area contributed by atoms with E-state index in [2.05, 4.69) is 19.2 Å². The van der Waals surface area contributed by atoms with Crippen molar-refractivity contribution in [3.05, 3.63) is 48.3 Å². The van der Waals surface area contributed by atoms with E-state index in [1.807, 2.05) is 24.3 Å². The molecule has 2 aromatic rings. The van der Waals surface area contributed by atoms with Gasteiger partial charge in [-0.3, -0.25) is 0 Å². The van der Waals surface area contributed by atoms with Crippen molar-refractivity contribution in [3.8, 4) is 0 Å². The predicted molar refractivity (Wildman–Crippen MR) is 71.5 cm³/mol. The normalized spacial score (nSPS) is 14.6. The van der Waals surface area contributed by atoms with Crippen LogP contribution in [-0.4, -0.2) is 12.1 Å². The van der Waals surface area contributed by atoms with Gasteiger partial charge >= 0.3 is 0 Å². The molecular formula is C15H21NO2. The van der Waals surface area contributed by atoms with Crippen LogP contribution in [0.4, 0.5) is 0 Å². The largest absolute Gasteiger partial charge is 0.469 e. The molecule has 2 rings (SSSR count). The molecule has 2 aromatic heterocycles. The molecule has 0 aliphatic carbocycles. The molecule has 0 fully saturated rings. The van der Waals surface area contributed by atoms with Crippen molar-refractivity contribution in [2.75, 3.05) is 0 Å². The Bertz CT molecular complexity index is 419. The van der Waals surface area contributed by atoms with E-state index in [1.165, 1.54) is 0 Å². The van der Waals surface area contributed by atoms with E-state index in [0.717, 1.165) is 30.8 Å². The van der Waals surface area contributed by atoms with Crippen molar-refractivity contribution < 1.29 is 8.83 Å². The van der Waals surface area contributed by atoms with E-state index in [9.17, 15) is 0 Å². The Morgan fingerprint density at radius 1 is 1.00 bits per heavy atom. The second-order valence-electron chi connectivity index (χ2n) is 4.87. The Labute approximate surface area is 108 Å². The van der Waals surface area contributed by atoms with Crippen LogP contribution < -0.4 is 5.32 Å². The lowest BCUT2D eigenvalue weighted by Gasteiger charge is -2.18. The molecule has 0 aliphatic heterocycles. The molecule has 0 aliphatic rings. The third-order valence-electron chi connectivity index (χ3n) is 3.06. The van der Waals surface area contributed by atoms with E-state index in [-0.39, 0.29) is 0 Å². The quantitative estimate of drug-likeness (QED) is 0.814. The molecule has 0 bridgehead atoms. The molecule has 0 radical (unpaired) electrons. The maximum absolute atomic E-state index is 5.35. The third-order valence-corrected chi connectivity index (χ3v) is 3.06. The predicted octanol–water partition coefficient (Wildman–Crippen LogP) is 3.41.